The Bertz CT molecular complexity index is 1120. The third kappa shape index (κ3) is 5.20. The van der Waals surface area contributed by atoms with Crippen LogP contribution in [0.1, 0.15) is 29.8 Å². The number of Topliss-reactive ketones (excluding diaryl/α,β-unsaturated/α-hetero) is 2. The van der Waals surface area contributed by atoms with Crippen LogP contribution >= 0.6 is 0 Å². The van der Waals surface area contributed by atoms with Crippen LogP contribution in [0.5, 0.6) is 0 Å². The van der Waals surface area contributed by atoms with Crippen LogP contribution in [0.2, 0.25) is 0 Å². The molecule has 0 aliphatic heterocycles. The summed E-state index contributed by atoms with van der Waals surface area (Å²) in [5.74, 6) is -2.65. The van der Waals surface area contributed by atoms with E-state index in [0.717, 1.165) is 0 Å². The summed E-state index contributed by atoms with van der Waals surface area (Å²) in [5, 5.41) is 2.71. The average molecular weight is 415 g/mol. The summed E-state index contributed by atoms with van der Waals surface area (Å²) in [6.07, 6.45) is 0. The molecular weight excluding hydrogens is 393 g/mol. The molecule has 0 aromatic heterocycles. The van der Waals surface area contributed by atoms with Crippen LogP contribution in [0.15, 0.2) is 90.5 Å². The molecule has 31 heavy (non-hydrogen) atoms. The van der Waals surface area contributed by atoms with Gasteiger partial charge in [0.2, 0.25) is 0 Å². The molecule has 5 heteroatoms. The van der Waals surface area contributed by atoms with E-state index in [4.69, 9.17) is 0 Å². The van der Waals surface area contributed by atoms with E-state index in [2.05, 4.69) is 5.32 Å². The highest BCUT2D eigenvalue weighted by Crippen LogP contribution is 2.27. The number of anilines is 1. The minimum absolute atomic E-state index is 0.0145. The second-order valence-electron chi connectivity index (χ2n) is 7.29. The van der Waals surface area contributed by atoms with Gasteiger partial charge in [-0.25, -0.2) is 4.39 Å². The van der Waals surface area contributed by atoms with Crippen LogP contribution in [0.3, 0.4) is 0 Å². The lowest BCUT2D eigenvalue weighted by atomic mass is 9.87. The molecular formula is C26H22FNO3. The van der Waals surface area contributed by atoms with Crippen LogP contribution < -0.4 is 5.32 Å². The Morgan fingerprint density at radius 1 is 0.742 bits per heavy atom. The second-order valence-corrected chi connectivity index (χ2v) is 7.29. The van der Waals surface area contributed by atoms with Gasteiger partial charge in [0.05, 0.1) is 5.57 Å². The molecule has 0 atom stereocenters. The van der Waals surface area contributed by atoms with Crippen molar-refractivity contribution in [3.63, 3.8) is 0 Å². The fourth-order valence-electron chi connectivity index (χ4n) is 3.09. The first kappa shape index (κ1) is 21.8. The molecule has 3 rings (SSSR count). The van der Waals surface area contributed by atoms with Crippen molar-refractivity contribution in [2.75, 3.05) is 5.32 Å². The number of allylic oxidation sites excluding steroid dienone is 1. The number of benzene rings is 3. The topological polar surface area (TPSA) is 63.2 Å². The largest absolute Gasteiger partial charge is 0.322 e. The van der Waals surface area contributed by atoms with Crippen molar-refractivity contribution < 1.29 is 18.8 Å². The Hall–Kier alpha value is -3.86. The number of halogens is 1. The van der Waals surface area contributed by atoms with E-state index in [9.17, 15) is 18.8 Å². The number of para-hydroxylation sites is 1. The number of carbonyl (C=O) groups excluding carboxylic acids is 3. The molecule has 0 radical (unpaired) electrons. The molecule has 0 bridgehead atoms. The molecule has 3 aromatic carbocycles. The summed E-state index contributed by atoms with van der Waals surface area (Å²) in [4.78, 5) is 39.9. The predicted molar refractivity (Wildman–Crippen MR) is 119 cm³/mol. The van der Waals surface area contributed by atoms with Crippen molar-refractivity contribution in [3.05, 3.63) is 107 Å². The number of ketones is 2. The first-order valence-corrected chi connectivity index (χ1v) is 9.89. The molecule has 4 nitrogen and oxygen atoms in total. The van der Waals surface area contributed by atoms with Crippen molar-refractivity contribution in [1.29, 1.82) is 0 Å². The van der Waals surface area contributed by atoms with Crippen molar-refractivity contribution in [2.45, 2.75) is 13.8 Å². The smallest absolute Gasteiger partial charge is 0.260 e. The van der Waals surface area contributed by atoms with Gasteiger partial charge < -0.3 is 5.32 Å². The summed E-state index contributed by atoms with van der Waals surface area (Å²) >= 11 is 0. The molecule has 0 saturated heterocycles. The van der Waals surface area contributed by atoms with Crippen LogP contribution in [-0.4, -0.2) is 17.5 Å². The lowest BCUT2D eigenvalue weighted by Gasteiger charge is -2.16. The second kappa shape index (κ2) is 9.76. The van der Waals surface area contributed by atoms with Crippen LogP contribution in [0.25, 0.3) is 5.57 Å². The molecule has 156 valence electrons. The highest BCUT2D eigenvalue weighted by atomic mass is 19.1. The normalized spacial score (nSPS) is 11.6. The first-order chi connectivity index (χ1) is 14.9. The lowest BCUT2D eigenvalue weighted by Crippen LogP contribution is -2.27. The van der Waals surface area contributed by atoms with Gasteiger partial charge in [-0.3, -0.25) is 14.4 Å². The van der Waals surface area contributed by atoms with Gasteiger partial charge in [0.25, 0.3) is 5.91 Å². The van der Waals surface area contributed by atoms with Gasteiger partial charge in [-0.1, -0.05) is 62.4 Å². The number of hydrogen-bond acceptors (Lipinski definition) is 3. The summed E-state index contributed by atoms with van der Waals surface area (Å²) in [6, 6.07) is 22.3. The molecule has 3 aromatic rings. The molecule has 0 aliphatic rings. The quantitative estimate of drug-likeness (QED) is 0.246. The van der Waals surface area contributed by atoms with E-state index >= 15 is 0 Å². The van der Waals surface area contributed by atoms with Gasteiger partial charge in [0, 0.05) is 22.7 Å². The van der Waals surface area contributed by atoms with E-state index in [0.29, 0.717) is 11.3 Å². The summed E-state index contributed by atoms with van der Waals surface area (Å²) < 4.78 is 13.4. The number of nitrogens with one attached hydrogen (secondary N) is 1. The first-order valence-electron chi connectivity index (χ1n) is 9.89. The van der Waals surface area contributed by atoms with Gasteiger partial charge in [-0.2, -0.15) is 0 Å². The monoisotopic (exact) mass is 415 g/mol. The maximum Gasteiger partial charge on any atom is 0.260 e. The molecule has 0 unspecified atom stereocenters. The number of carbonyl (C=O) groups is 3. The molecule has 0 saturated carbocycles. The SMILES string of the molecule is CC(C)C(=O)/C(C(=O)Nc1ccccc1)=C(/C(=O)c1ccc(F)cc1)c1ccccc1. The summed E-state index contributed by atoms with van der Waals surface area (Å²) in [5.41, 5.74) is 0.882. The number of rotatable bonds is 7. The van der Waals surface area contributed by atoms with E-state index in [1.165, 1.54) is 24.3 Å². The lowest BCUT2D eigenvalue weighted by molar-refractivity contribution is -0.121. The number of amides is 1. The Kier molecular flexibility index (Phi) is 6.88. The highest BCUT2D eigenvalue weighted by Gasteiger charge is 2.30. The van der Waals surface area contributed by atoms with Crippen LogP contribution in [0, 0.1) is 11.7 Å². The standard InChI is InChI=1S/C26H22FNO3/c1-17(2)24(29)23(26(31)28-21-11-7-4-8-12-21)22(18-9-5-3-6-10-18)25(30)19-13-15-20(27)16-14-19/h3-17H,1-2H3,(H,28,31)/b23-22-. The Morgan fingerprint density at radius 3 is 1.84 bits per heavy atom. The average Bonchev–Trinajstić information content (AvgIpc) is 2.78. The third-order valence-corrected chi connectivity index (χ3v) is 4.68. The van der Waals surface area contributed by atoms with Crippen molar-refractivity contribution in [2.24, 2.45) is 5.92 Å². The third-order valence-electron chi connectivity index (χ3n) is 4.68. The summed E-state index contributed by atoms with van der Waals surface area (Å²) in [7, 11) is 0. The zero-order valence-corrected chi connectivity index (χ0v) is 17.3. The molecule has 0 heterocycles. The zero-order chi connectivity index (χ0) is 22.4. The fourth-order valence-corrected chi connectivity index (χ4v) is 3.09. The van der Waals surface area contributed by atoms with Gasteiger partial charge in [-0.05, 0) is 42.0 Å². The van der Waals surface area contributed by atoms with Crippen molar-refractivity contribution in [3.8, 4) is 0 Å². The van der Waals surface area contributed by atoms with E-state index in [1.54, 1.807) is 74.5 Å². The Morgan fingerprint density at radius 2 is 1.29 bits per heavy atom. The molecule has 0 fully saturated rings. The highest BCUT2D eigenvalue weighted by molar-refractivity contribution is 6.41. The van der Waals surface area contributed by atoms with Gasteiger partial charge in [0.15, 0.2) is 11.6 Å². The molecule has 1 amide bonds. The summed E-state index contributed by atoms with van der Waals surface area (Å²) in [6.45, 7) is 3.34. The fraction of sp³-hybridized carbons (Fsp3) is 0.115. The Balaban J connectivity index is 2.22. The molecule has 0 spiro atoms. The minimum atomic E-state index is -0.667. The van der Waals surface area contributed by atoms with Crippen LogP contribution in [-0.2, 0) is 9.59 Å². The minimum Gasteiger partial charge on any atom is -0.322 e. The van der Waals surface area contributed by atoms with Gasteiger partial charge in [-0.15, -0.1) is 0 Å². The molecule has 0 aliphatic carbocycles. The zero-order valence-electron chi connectivity index (χ0n) is 17.3. The maximum atomic E-state index is 13.5. The van der Waals surface area contributed by atoms with E-state index in [-0.39, 0.29) is 16.7 Å². The Labute approximate surface area is 180 Å². The molecule has 1 N–H and O–H groups in total. The number of hydrogen-bond donors (Lipinski definition) is 1. The van der Waals surface area contributed by atoms with Crippen molar-refractivity contribution >= 4 is 28.7 Å². The van der Waals surface area contributed by atoms with E-state index in [1.807, 2.05) is 0 Å². The van der Waals surface area contributed by atoms with E-state index < -0.39 is 29.2 Å². The van der Waals surface area contributed by atoms with Crippen LogP contribution in [0.4, 0.5) is 10.1 Å². The maximum absolute atomic E-state index is 13.5. The van der Waals surface area contributed by atoms with Crippen molar-refractivity contribution in [1.82, 2.24) is 0 Å². The van der Waals surface area contributed by atoms with Gasteiger partial charge in [0.1, 0.15) is 5.82 Å². The predicted octanol–water partition coefficient (Wildman–Crippen LogP) is 5.33. The van der Waals surface area contributed by atoms with Gasteiger partial charge >= 0.3 is 0 Å².